The van der Waals surface area contributed by atoms with Gasteiger partial charge in [0.25, 0.3) is 0 Å². The van der Waals surface area contributed by atoms with Gasteiger partial charge in [0, 0.05) is 0 Å². The van der Waals surface area contributed by atoms with E-state index < -0.39 is 17.4 Å². The van der Waals surface area contributed by atoms with Crippen LogP contribution in [0.1, 0.15) is 40.0 Å². The van der Waals surface area contributed by atoms with Crippen LogP contribution < -0.4 is 0 Å². The van der Waals surface area contributed by atoms with Gasteiger partial charge in [0.2, 0.25) is 0 Å². The van der Waals surface area contributed by atoms with Crippen LogP contribution in [-0.4, -0.2) is 25.2 Å². The zero-order chi connectivity index (χ0) is 12.2. The Labute approximate surface area is 96.3 Å². The molecule has 1 aliphatic carbocycles. The Hall–Kier alpha value is -1.06. The van der Waals surface area contributed by atoms with E-state index >= 15 is 0 Å². The second-order valence-corrected chi connectivity index (χ2v) is 4.27. The highest BCUT2D eigenvalue weighted by Crippen LogP contribution is 2.43. The van der Waals surface area contributed by atoms with E-state index in [9.17, 15) is 9.59 Å². The third kappa shape index (κ3) is 2.20. The Morgan fingerprint density at radius 3 is 1.81 bits per heavy atom. The first-order valence-electron chi connectivity index (χ1n) is 5.91. The second-order valence-electron chi connectivity index (χ2n) is 4.27. The summed E-state index contributed by atoms with van der Waals surface area (Å²) >= 11 is 0. The van der Waals surface area contributed by atoms with Crippen LogP contribution in [0.15, 0.2) is 0 Å². The Kier molecular flexibility index (Phi) is 4.33. The first kappa shape index (κ1) is 13.0. The molecule has 0 amide bonds. The van der Waals surface area contributed by atoms with Crippen molar-refractivity contribution in [3.8, 4) is 0 Å². The summed E-state index contributed by atoms with van der Waals surface area (Å²) in [7, 11) is 0. The highest BCUT2D eigenvalue weighted by atomic mass is 16.6. The molecule has 4 nitrogen and oxygen atoms in total. The van der Waals surface area contributed by atoms with E-state index in [2.05, 4.69) is 0 Å². The van der Waals surface area contributed by atoms with Crippen molar-refractivity contribution in [3.63, 3.8) is 0 Å². The molecule has 4 heteroatoms. The van der Waals surface area contributed by atoms with Crippen molar-refractivity contribution in [2.75, 3.05) is 13.2 Å². The van der Waals surface area contributed by atoms with Gasteiger partial charge in [-0.05, 0) is 39.5 Å². The third-order valence-electron chi connectivity index (χ3n) is 3.32. The van der Waals surface area contributed by atoms with E-state index in [0.717, 1.165) is 19.3 Å². The van der Waals surface area contributed by atoms with Crippen LogP contribution in [0.5, 0.6) is 0 Å². The molecule has 0 aromatic rings. The van der Waals surface area contributed by atoms with Gasteiger partial charge in [-0.25, -0.2) is 0 Å². The predicted molar refractivity (Wildman–Crippen MR) is 58.7 cm³/mol. The molecular formula is C12H20O4. The lowest BCUT2D eigenvalue weighted by Gasteiger charge is -2.38. The molecule has 0 spiro atoms. The molecule has 1 rings (SSSR count). The van der Waals surface area contributed by atoms with Crippen molar-refractivity contribution >= 4 is 11.9 Å². The van der Waals surface area contributed by atoms with Crippen LogP contribution >= 0.6 is 0 Å². The fourth-order valence-corrected chi connectivity index (χ4v) is 1.96. The van der Waals surface area contributed by atoms with Crippen molar-refractivity contribution in [3.05, 3.63) is 0 Å². The number of hydrogen-bond acceptors (Lipinski definition) is 4. The lowest BCUT2D eigenvalue weighted by Crippen LogP contribution is -2.47. The maximum atomic E-state index is 11.9. The monoisotopic (exact) mass is 228 g/mol. The topological polar surface area (TPSA) is 52.6 Å². The minimum atomic E-state index is -1.11. The molecule has 0 atom stereocenters. The SMILES string of the molecule is CCOC(=O)C(C)(C(=O)OCC)C1CCC1. The quantitative estimate of drug-likeness (QED) is 0.533. The summed E-state index contributed by atoms with van der Waals surface area (Å²) < 4.78 is 9.98. The van der Waals surface area contributed by atoms with Crippen LogP contribution in [0.4, 0.5) is 0 Å². The molecule has 1 fully saturated rings. The van der Waals surface area contributed by atoms with Gasteiger partial charge in [0.1, 0.15) is 0 Å². The molecule has 16 heavy (non-hydrogen) atoms. The zero-order valence-corrected chi connectivity index (χ0v) is 10.2. The second kappa shape index (κ2) is 5.32. The first-order chi connectivity index (χ1) is 7.57. The van der Waals surface area contributed by atoms with E-state index in [0.29, 0.717) is 13.2 Å². The number of hydrogen-bond donors (Lipinski definition) is 0. The average Bonchev–Trinajstić information content (AvgIpc) is 2.15. The van der Waals surface area contributed by atoms with Crippen molar-refractivity contribution in [2.45, 2.75) is 40.0 Å². The van der Waals surface area contributed by atoms with Gasteiger partial charge in [0.05, 0.1) is 13.2 Å². The summed E-state index contributed by atoms with van der Waals surface area (Å²) in [6.07, 6.45) is 2.86. The molecule has 0 radical (unpaired) electrons. The van der Waals surface area contributed by atoms with Gasteiger partial charge < -0.3 is 9.47 Å². The van der Waals surface area contributed by atoms with Gasteiger partial charge in [0.15, 0.2) is 5.41 Å². The Balaban J connectivity index is 2.82. The number of carbonyl (C=O) groups is 2. The van der Waals surface area contributed by atoms with Crippen molar-refractivity contribution in [1.82, 2.24) is 0 Å². The van der Waals surface area contributed by atoms with Crippen LogP contribution in [0.3, 0.4) is 0 Å². The van der Waals surface area contributed by atoms with E-state index in [1.807, 2.05) is 0 Å². The molecule has 0 bridgehead atoms. The summed E-state index contributed by atoms with van der Waals surface area (Å²) in [6.45, 7) is 5.71. The van der Waals surface area contributed by atoms with Crippen LogP contribution in [0.2, 0.25) is 0 Å². The molecule has 0 N–H and O–H groups in total. The van der Waals surface area contributed by atoms with Gasteiger partial charge in [-0.2, -0.15) is 0 Å². The average molecular weight is 228 g/mol. The molecule has 92 valence electrons. The zero-order valence-electron chi connectivity index (χ0n) is 10.2. The number of carbonyl (C=O) groups excluding carboxylic acids is 2. The highest BCUT2D eigenvalue weighted by Gasteiger charge is 2.52. The highest BCUT2D eigenvalue weighted by molar-refractivity contribution is 6.00. The maximum absolute atomic E-state index is 11.9. The number of ether oxygens (including phenoxy) is 2. The Bertz CT molecular complexity index is 250. The summed E-state index contributed by atoms with van der Waals surface area (Å²) in [6, 6.07) is 0. The summed E-state index contributed by atoms with van der Waals surface area (Å²) in [4.78, 5) is 23.8. The Morgan fingerprint density at radius 1 is 1.12 bits per heavy atom. The normalized spacial score (nSPS) is 16.4. The number of esters is 2. The molecular weight excluding hydrogens is 208 g/mol. The van der Waals surface area contributed by atoms with Crippen LogP contribution in [-0.2, 0) is 19.1 Å². The van der Waals surface area contributed by atoms with Crippen molar-refractivity contribution in [2.24, 2.45) is 11.3 Å². The maximum Gasteiger partial charge on any atom is 0.323 e. The molecule has 0 saturated heterocycles. The largest absolute Gasteiger partial charge is 0.465 e. The van der Waals surface area contributed by atoms with Crippen molar-refractivity contribution in [1.29, 1.82) is 0 Å². The third-order valence-corrected chi connectivity index (χ3v) is 3.32. The predicted octanol–water partition coefficient (Wildman–Crippen LogP) is 1.92. The van der Waals surface area contributed by atoms with Gasteiger partial charge in [-0.3, -0.25) is 9.59 Å². The van der Waals surface area contributed by atoms with Gasteiger partial charge in [-0.1, -0.05) is 6.42 Å². The molecule has 0 aromatic carbocycles. The lowest BCUT2D eigenvalue weighted by atomic mass is 9.66. The van der Waals surface area contributed by atoms with Gasteiger partial charge >= 0.3 is 11.9 Å². The molecule has 0 heterocycles. The fourth-order valence-electron chi connectivity index (χ4n) is 1.96. The molecule has 0 aromatic heterocycles. The standard InChI is InChI=1S/C12H20O4/c1-4-15-10(13)12(3,9-7-6-8-9)11(14)16-5-2/h9H,4-8H2,1-3H3. The lowest BCUT2D eigenvalue weighted by molar-refractivity contribution is -0.177. The van der Waals surface area contributed by atoms with E-state index in [1.54, 1.807) is 20.8 Å². The summed E-state index contributed by atoms with van der Waals surface area (Å²) in [5.74, 6) is -0.818. The fraction of sp³-hybridized carbons (Fsp3) is 0.833. The van der Waals surface area contributed by atoms with E-state index in [-0.39, 0.29) is 5.92 Å². The molecule has 1 saturated carbocycles. The smallest absolute Gasteiger partial charge is 0.323 e. The minimum Gasteiger partial charge on any atom is -0.465 e. The molecule has 1 aliphatic rings. The number of rotatable bonds is 5. The van der Waals surface area contributed by atoms with Crippen LogP contribution in [0, 0.1) is 11.3 Å². The van der Waals surface area contributed by atoms with Gasteiger partial charge in [-0.15, -0.1) is 0 Å². The molecule has 0 unspecified atom stereocenters. The van der Waals surface area contributed by atoms with E-state index in [4.69, 9.17) is 9.47 Å². The van der Waals surface area contributed by atoms with Crippen LogP contribution in [0.25, 0.3) is 0 Å². The minimum absolute atomic E-state index is 0.0746. The first-order valence-corrected chi connectivity index (χ1v) is 5.91. The summed E-state index contributed by atoms with van der Waals surface area (Å²) in [5.41, 5.74) is -1.11. The van der Waals surface area contributed by atoms with Crippen molar-refractivity contribution < 1.29 is 19.1 Å². The van der Waals surface area contributed by atoms with E-state index in [1.165, 1.54) is 0 Å². The Morgan fingerprint density at radius 2 is 1.56 bits per heavy atom. The summed E-state index contributed by atoms with van der Waals surface area (Å²) in [5, 5.41) is 0. The molecule has 0 aliphatic heterocycles.